The largest absolute Gasteiger partial charge is 0.444 e. The summed E-state index contributed by atoms with van der Waals surface area (Å²) >= 11 is 2.32. The molecule has 0 saturated carbocycles. The van der Waals surface area contributed by atoms with Crippen molar-refractivity contribution in [1.82, 2.24) is 4.90 Å². The summed E-state index contributed by atoms with van der Waals surface area (Å²) in [4.78, 5) is 13.8. The summed E-state index contributed by atoms with van der Waals surface area (Å²) in [5.74, 6) is 0. The van der Waals surface area contributed by atoms with Crippen LogP contribution in [-0.2, 0) is 17.7 Å². The molecular formula is C14H18INO2. The molecule has 18 heavy (non-hydrogen) atoms. The van der Waals surface area contributed by atoms with Crippen LogP contribution in [0.25, 0.3) is 0 Å². The van der Waals surface area contributed by atoms with Crippen LogP contribution >= 0.6 is 22.6 Å². The highest BCUT2D eigenvalue weighted by Gasteiger charge is 2.25. The van der Waals surface area contributed by atoms with Gasteiger partial charge in [-0.15, -0.1) is 0 Å². The van der Waals surface area contributed by atoms with Gasteiger partial charge >= 0.3 is 6.09 Å². The summed E-state index contributed by atoms with van der Waals surface area (Å²) in [6.07, 6.45) is 0.692. The lowest BCUT2D eigenvalue weighted by Crippen LogP contribution is -2.39. The van der Waals surface area contributed by atoms with E-state index in [4.69, 9.17) is 4.74 Å². The number of amides is 1. The lowest BCUT2D eigenvalue weighted by molar-refractivity contribution is 0.0224. The molecule has 0 fully saturated rings. The zero-order valence-electron chi connectivity index (χ0n) is 11.0. The van der Waals surface area contributed by atoms with Crippen molar-refractivity contribution in [3.05, 3.63) is 32.9 Å². The molecule has 2 rings (SSSR count). The molecule has 1 aliphatic rings. The van der Waals surface area contributed by atoms with Gasteiger partial charge < -0.3 is 9.64 Å². The summed E-state index contributed by atoms with van der Waals surface area (Å²) in [5, 5.41) is 0. The van der Waals surface area contributed by atoms with Gasteiger partial charge in [0.05, 0.1) is 0 Å². The predicted molar refractivity (Wildman–Crippen MR) is 79.5 cm³/mol. The maximum absolute atomic E-state index is 12.0. The Kier molecular flexibility index (Phi) is 3.84. The van der Waals surface area contributed by atoms with Crippen molar-refractivity contribution in [2.24, 2.45) is 0 Å². The summed E-state index contributed by atoms with van der Waals surface area (Å²) in [6.45, 7) is 7.07. The minimum atomic E-state index is -0.427. The number of benzene rings is 1. The van der Waals surface area contributed by atoms with E-state index in [1.807, 2.05) is 20.8 Å². The van der Waals surface area contributed by atoms with E-state index in [-0.39, 0.29) is 6.09 Å². The van der Waals surface area contributed by atoms with Gasteiger partial charge in [0.25, 0.3) is 0 Å². The molecule has 0 aliphatic carbocycles. The maximum Gasteiger partial charge on any atom is 0.410 e. The first kappa shape index (κ1) is 13.6. The van der Waals surface area contributed by atoms with Crippen molar-refractivity contribution in [3.8, 4) is 0 Å². The normalized spacial score (nSPS) is 15.2. The van der Waals surface area contributed by atoms with E-state index in [2.05, 4.69) is 40.8 Å². The molecule has 98 valence electrons. The quantitative estimate of drug-likeness (QED) is 0.663. The van der Waals surface area contributed by atoms with Gasteiger partial charge in [0.15, 0.2) is 0 Å². The Labute approximate surface area is 122 Å². The smallest absolute Gasteiger partial charge is 0.410 e. The fraction of sp³-hybridized carbons (Fsp3) is 0.500. The molecule has 0 aromatic heterocycles. The van der Waals surface area contributed by atoms with E-state index < -0.39 is 5.60 Å². The van der Waals surface area contributed by atoms with Gasteiger partial charge in [-0.1, -0.05) is 6.07 Å². The fourth-order valence-corrected chi connectivity index (χ4v) is 2.56. The lowest BCUT2D eigenvalue weighted by atomic mass is 10.0. The molecule has 3 nitrogen and oxygen atoms in total. The average Bonchev–Trinajstić information content (AvgIpc) is 2.26. The average molecular weight is 359 g/mol. The molecular weight excluding hydrogens is 341 g/mol. The van der Waals surface area contributed by atoms with Crippen molar-refractivity contribution >= 4 is 28.7 Å². The minimum Gasteiger partial charge on any atom is -0.444 e. The molecule has 1 aromatic carbocycles. The molecule has 0 atom stereocenters. The van der Waals surface area contributed by atoms with Crippen LogP contribution in [0.5, 0.6) is 0 Å². The Morgan fingerprint density at radius 2 is 2.06 bits per heavy atom. The number of fused-ring (bicyclic) bond motifs is 1. The molecule has 1 heterocycles. The second-order valence-electron chi connectivity index (χ2n) is 5.56. The first-order valence-corrected chi connectivity index (χ1v) is 7.18. The Bertz CT molecular complexity index is 465. The Hall–Kier alpha value is -0.780. The number of nitrogens with zero attached hydrogens (tertiary/aromatic N) is 1. The van der Waals surface area contributed by atoms with E-state index in [0.717, 1.165) is 13.0 Å². The molecule has 0 unspecified atom stereocenters. The van der Waals surface area contributed by atoms with Crippen LogP contribution in [-0.4, -0.2) is 23.1 Å². The van der Waals surface area contributed by atoms with Gasteiger partial charge in [0.2, 0.25) is 0 Å². The van der Waals surface area contributed by atoms with Gasteiger partial charge in [0, 0.05) is 16.7 Å². The highest BCUT2D eigenvalue weighted by molar-refractivity contribution is 14.1. The van der Waals surface area contributed by atoms with E-state index in [0.29, 0.717) is 6.54 Å². The first-order chi connectivity index (χ1) is 8.35. The van der Waals surface area contributed by atoms with Crippen molar-refractivity contribution in [3.63, 3.8) is 0 Å². The van der Waals surface area contributed by atoms with E-state index in [1.165, 1.54) is 14.7 Å². The van der Waals surface area contributed by atoms with E-state index in [9.17, 15) is 4.79 Å². The van der Waals surface area contributed by atoms with Gasteiger partial charge in [-0.3, -0.25) is 0 Å². The highest BCUT2D eigenvalue weighted by Crippen LogP contribution is 2.22. The van der Waals surface area contributed by atoms with Crippen molar-refractivity contribution < 1.29 is 9.53 Å². The minimum absolute atomic E-state index is 0.216. The van der Waals surface area contributed by atoms with Crippen molar-refractivity contribution in [1.29, 1.82) is 0 Å². The van der Waals surface area contributed by atoms with Crippen LogP contribution in [0.3, 0.4) is 0 Å². The lowest BCUT2D eigenvalue weighted by Gasteiger charge is -2.31. The Morgan fingerprint density at radius 1 is 1.33 bits per heavy atom. The van der Waals surface area contributed by atoms with Gasteiger partial charge in [-0.25, -0.2) is 4.79 Å². The fourth-order valence-electron chi connectivity index (χ4n) is 2.00. The molecule has 1 aromatic rings. The van der Waals surface area contributed by atoms with Crippen LogP contribution in [0.15, 0.2) is 18.2 Å². The third-order valence-electron chi connectivity index (χ3n) is 2.83. The van der Waals surface area contributed by atoms with Crippen LogP contribution in [0.4, 0.5) is 4.79 Å². The molecule has 0 N–H and O–H groups in total. The highest BCUT2D eigenvalue weighted by atomic mass is 127. The number of carbonyl (C=O) groups is 1. The molecule has 0 spiro atoms. The SMILES string of the molecule is CC(C)(C)OC(=O)N1CCc2cc(I)ccc2C1. The van der Waals surface area contributed by atoms with Crippen molar-refractivity contribution in [2.75, 3.05) is 6.54 Å². The van der Waals surface area contributed by atoms with Crippen LogP contribution in [0.2, 0.25) is 0 Å². The molecule has 1 amide bonds. The Morgan fingerprint density at radius 3 is 2.72 bits per heavy atom. The van der Waals surface area contributed by atoms with Crippen LogP contribution in [0, 0.1) is 3.57 Å². The second-order valence-corrected chi connectivity index (χ2v) is 6.81. The molecule has 0 bridgehead atoms. The summed E-state index contributed by atoms with van der Waals surface area (Å²) < 4.78 is 6.65. The first-order valence-electron chi connectivity index (χ1n) is 6.10. The topological polar surface area (TPSA) is 29.5 Å². The summed E-state index contributed by atoms with van der Waals surface area (Å²) in [5.41, 5.74) is 2.15. The third kappa shape index (κ3) is 3.37. The van der Waals surface area contributed by atoms with E-state index in [1.54, 1.807) is 4.90 Å². The molecule has 0 saturated heterocycles. The molecule has 0 radical (unpaired) electrons. The number of hydrogen-bond acceptors (Lipinski definition) is 2. The molecule has 4 heteroatoms. The predicted octanol–water partition coefficient (Wildman–Crippen LogP) is 3.58. The standard InChI is InChI=1S/C14H18INO2/c1-14(2,3)18-13(17)16-7-6-10-8-12(15)5-4-11(10)9-16/h4-5,8H,6-7,9H2,1-3H3. The van der Waals surface area contributed by atoms with Crippen LogP contribution in [0.1, 0.15) is 31.9 Å². The third-order valence-corrected chi connectivity index (χ3v) is 3.50. The van der Waals surface area contributed by atoms with Crippen molar-refractivity contribution in [2.45, 2.75) is 39.3 Å². The van der Waals surface area contributed by atoms with E-state index >= 15 is 0 Å². The second kappa shape index (κ2) is 5.07. The molecule has 1 aliphatic heterocycles. The van der Waals surface area contributed by atoms with Crippen LogP contribution < -0.4 is 0 Å². The monoisotopic (exact) mass is 359 g/mol. The van der Waals surface area contributed by atoms with Gasteiger partial charge in [-0.2, -0.15) is 0 Å². The zero-order chi connectivity index (χ0) is 13.3. The maximum atomic E-state index is 12.0. The number of carbonyl (C=O) groups excluding carboxylic acids is 1. The Balaban J connectivity index is 2.08. The van der Waals surface area contributed by atoms with Gasteiger partial charge in [-0.05, 0) is 73.0 Å². The number of hydrogen-bond donors (Lipinski definition) is 0. The zero-order valence-corrected chi connectivity index (χ0v) is 13.2. The summed E-state index contributed by atoms with van der Waals surface area (Å²) in [7, 11) is 0. The number of halogens is 1. The number of ether oxygens (including phenoxy) is 1. The summed E-state index contributed by atoms with van der Waals surface area (Å²) in [6, 6.07) is 6.38. The van der Waals surface area contributed by atoms with Gasteiger partial charge in [0.1, 0.15) is 5.60 Å². The number of rotatable bonds is 0.